The molecule has 0 N–H and O–H groups in total. The minimum atomic E-state index is 0.0467. The zero-order chi connectivity index (χ0) is 14.0. The van der Waals surface area contributed by atoms with Gasteiger partial charge in [0.15, 0.2) is 0 Å². The van der Waals surface area contributed by atoms with Crippen molar-refractivity contribution in [3.05, 3.63) is 64.3 Å². The molecule has 0 unspecified atom stereocenters. The normalized spacial score (nSPS) is 20.4. The van der Waals surface area contributed by atoms with Crippen molar-refractivity contribution in [3.8, 4) is 0 Å². The van der Waals surface area contributed by atoms with Crippen LogP contribution in [0.5, 0.6) is 0 Å². The molecule has 1 aliphatic rings. The lowest BCUT2D eigenvalue weighted by Gasteiger charge is -2.23. The van der Waals surface area contributed by atoms with Crippen LogP contribution in [0.3, 0.4) is 0 Å². The lowest BCUT2D eigenvalue weighted by atomic mass is 9.84. The highest BCUT2D eigenvalue weighted by Crippen LogP contribution is 2.46. The fraction of sp³-hybridized carbons (Fsp3) is 0.294. The van der Waals surface area contributed by atoms with E-state index in [1.165, 1.54) is 16.9 Å². The standard InChI is InChI=1S/C17H20BrN/c1-5-8-13(18)11-12-16-17(2,3)14-9-6-7-10-15(14)19(16)4/h5-12H,1-4H3/b8-5+,13-11-,16-12-. The monoisotopic (exact) mass is 317 g/mol. The quantitative estimate of drug-likeness (QED) is 0.681. The number of nitrogens with zero attached hydrogens (tertiary/aromatic N) is 1. The van der Waals surface area contributed by atoms with E-state index >= 15 is 0 Å². The van der Waals surface area contributed by atoms with E-state index in [1.54, 1.807) is 0 Å². The van der Waals surface area contributed by atoms with E-state index in [-0.39, 0.29) is 5.41 Å². The highest BCUT2D eigenvalue weighted by molar-refractivity contribution is 9.11. The summed E-state index contributed by atoms with van der Waals surface area (Å²) in [6, 6.07) is 8.61. The SMILES string of the molecule is C/C=C/C(Br)=C/C=C1\N(C)c2ccccc2C1(C)C. The van der Waals surface area contributed by atoms with Gasteiger partial charge < -0.3 is 4.90 Å². The maximum atomic E-state index is 3.55. The lowest BCUT2D eigenvalue weighted by molar-refractivity contribution is 0.640. The Labute approximate surface area is 124 Å². The van der Waals surface area contributed by atoms with Gasteiger partial charge in [-0.25, -0.2) is 0 Å². The molecule has 0 aromatic heterocycles. The summed E-state index contributed by atoms with van der Waals surface area (Å²) in [5.74, 6) is 0. The zero-order valence-corrected chi connectivity index (χ0v) is 13.5. The molecule has 0 bridgehead atoms. The van der Waals surface area contributed by atoms with Crippen LogP contribution in [0.4, 0.5) is 5.69 Å². The van der Waals surface area contributed by atoms with E-state index < -0.39 is 0 Å². The van der Waals surface area contributed by atoms with Gasteiger partial charge in [0.2, 0.25) is 0 Å². The molecular formula is C17H20BrN. The molecule has 100 valence electrons. The van der Waals surface area contributed by atoms with Gasteiger partial charge in [-0.3, -0.25) is 0 Å². The van der Waals surface area contributed by atoms with Crippen LogP contribution in [0.15, 0.2) is 58.7 Å². The molecule has 0 saturated carbocycles. The van der Waals surface area contributed by atoms with Crippen molar-refractivity contribution >= 4 is 21.6 Å². The van der Waals surface area contributed by atoms with Crippen LogP contribution in [0.1, 0.15) is 26.3 Å². The van der Waals surface area contributed by atoms with Gasteiger partial charge in [0.25, 0.3) is 0 Å². The van der Waals surface area contributed by atoms with Gasteiger partial charge >= 0.3 is 0 Å². The number of likely N-dealkylation sites (N-methyl/N-ethyl adjacent to an activating group) is 1. The van der Waals surface area contributed by atoms with Gasteiger partial charge in [0, 0.05) is 28.3 Å². The third kappa shape index (κ3) is 2.55. The third-order valence-corrected chi connectivity index (χ3v) is 4.20. The first-order valence-electron chi connectivity index (χ1n) is 6.52. The highest BCUT2D eigenvalue weighted by atomic mass is 79.9. The molecule has 1 aromatic carbocycles. The average molecular weight is 318 g/mol. The summed E-state index contributed by atoms with van der Waals surface area (Å²) in [7, 11) is 2.14. The van der Waals surface area contributed by atoms with Gasteiger partial charge in [-0.1, -0.05) is 60.1 Å². The molecule has 1 nitrogen and oxygen atoms in total. The fourth-order valence-corrected chi connectivity index (χ4v) is 3.07. The Balaban J connectivity index is 2.45. The minimum Gasteiger partial charge on any atom is -0.347 e. The summed E-state index contributed by atoms with van der Waals surface area (Å²) < 4.78 is 1.09. The second kappa shape index (κ2) is 5.38. The second-order valence-corrected chi connectivity index (χ2v) is 6.22. The van der Waals surface area contributed by atoms with Gasteiger partial charge in [-0.2, -0.15) is 0 Å². The number of para-hydroxylation sites is 1. The van der Waals surface area contributed by atoms with Gasteiger partial charge in [-0.15, -0.1) is 0 Å². The van der Waals surface area contributed by atoms with Gasteiger partial charge in [0.1, 0.15) is 0 Å². The first-order valence-corrected chi connectivity index (χ1v) is 7.31. The van der Waals surface area contributed by atoms with Crippen molar-refractivity contribution in [3.63, 3.8) is 0 Å². The van der Waals surface area contributed by atoms with E-state index in [0.717, 1.165) is 4.48 Å². The van der Waals surface area contributed by atoms with Crippen molar-refractivity contribution in [2.45, 2.75) is 26.2 Å². The smallest absolute Gasteiger partial charge is 0.0447 e. The largest absolute Gasteiger partial charge is 0.347 e. The molecule has 2 rings (SSSR count). The minimum absolute atomic E-state index is 0.0467. The molecule has 1 aliphatic heterocycles. The number of anilines is 1. The number of allylic oxidation sites excluding steroid dienone is 6. The molecule has 19 heavy (non-hydrogen) atoms. The van der Waals surface area contributed by atoms with Gasteiger partial charge in [-0.05, 0) is 30.7 Å². The Morgan fingerprint density at radius 2 is 1.95 bits per heavy atom. The Bertz CT molecular complexity index is 564. The van der Waals surface area contributed by atoms with Crippen molar-refractivity contribution < 1.29 is 0 Å². The number of hydrogen-bond acceptors (Lipinski definition) is 1. The van der Waals surface area contributed by atoms with E-state index in [9.17, 15) is 0 Å². The Kier molecular flexibility index (Phi) is 4.00. The van der Waals surface area contributed by atoms with Crippen molar-refractivity contribution in [1.82, 2.24) is 0 Å². The van der Waals surface area contributed by atoms with Crippen molar-refractivity contribution in [2.75, 3.05) is 11.9 Å². The average Bonchev–Trinajstić information content (AvgIpc) is 2.57. The molecule has 0 aliphatic carbocycles. The molecule has 0 fully saturated rings. The predicted molar refractivity (Wildman–Crippen MR) is 87.8 cm³/mol. The topological polar surface area (TPSA) is 3.24 Å². The van der Waals surface area contributed by atoms with Gasteiger partial charge in [0.05, 0.1) is 0 Å². The summed E-state index contributed by atoms with van der Waals surface area (Å²) >= 11 is 3.55. The molecule has 2 heteroatoms. The number of hydrogen-bond donors (Lipinski definition) is 0. The molecule has 0 amide bonds. The fourth-order valence-electron chi connectivity index (χ4n) is 2.68. The maximum Gasteiger partial charge on any atom is 0.0447 e. The van der Waals surface area contributed by atoms with E-state index in [4.69, 9.17) is 0 Å². The number of halogens is 1. The van der Waals surface area contributed by atoms with Crippen LogP contribution in [0, 0.1) is 0 Å². The zero-order valence-electron chi connectivity index (χ0n) is 11.9. The molecule has 0 saturated heterocycles. The Morgan fingerprint density at radius 1 is 1.26 bits per heavy atom. The second-order valence-electron chi connectivity index (χ2n) is 5.30. The van der Waals surface area contributed by atoms with Crippen molar-refractivity contribution in [2.24, 2.45) is 0 Å². The maximum absolute atomic E-state index is 3.55. The molecule has 0 radical (unpaired) electrons. The van der Waals surface area contributed by atoms with Crippen LogP contribution in [-0.2, 0) is 5.41 Å². The summed E-state index contributed by atoms with van der Waals surface area (Å²) in [5.41, 5.74) is 4.05. The number of fused-ring (bicyclic) bond motifs is 1. The molecule has 1 aromatic rings. The van der Waals surface area contributed by atoms with E-state index in [1.807, 2.05) is 19.1 Å². The predicted octanol–water partition coefficient (Wildman–Crippen LogP) is 5.15. The Morgan fingerprint density at radius 3 is 2.58 bits per heavy atom. The number of rotatable bonds is 2. The van der Waals surface area contributed by atoms with Crippen LogP contribution < -0.4 is 4.90 Å². The van der Waals surface area contributed by atoms with E-state index in [2.05, 4.69) is 78.1 Å². The first kappa shape index (κ1) is 14.1. The Hall–Kier alpha value is -1.28. The van der Waals surface area contributed by atoms with Crippen molar-refractivity contribution in [1.29, 1.82) is 0 Å². The lowest BCUT2D eigenvalue weighted by Crippen LogP contribution is -2.22. The third-order valence-electron chi connectivity index (χ3n) is 3.67. The summed E-state index contributed by atoms with van der Waals surface area (Å²) in [6.45, 7) is 6.57. The summed E-state index contributed by atoms with van der Waals surface area (Å²) in [4.78, 5) is 2.28. The summed E-state index contributed by atoms with van der Waals surface area (Å²) in [5, 5.41) is 0. The van der Waals surface area contributed by atoms with Crippen LogP contribution >= 0.6 is 15.9 Å². The molecule has 1 heterocycles. The molecule has 0 spiro atoms. The molecule has 0 atom stereocenters. The molecular weight excluding hydrogens is 298 g/mol. The highest BCUT2D eigenvalue weighted by Gasteiger charge is 2.37. The van der Waals surface area contributed by atoms with Crippen LogP contribution in [0.25, 0.3) is 0 Å². The number of benzene rings is 1. The van der Waals surface area contributed by atoms with Crippen LogP contribution in [0.2, 0.25) is 0 Å². The van der Waals surface area contributed by atoms with Crippen LogP contribution in [-0.4, -0.2) is 7.05 Å². The summed E-state index contributed by atoms with van der Waals surface area (Å²) in [6.07, 6.45) is 8.38. The first-order chi connectivity index (χ1) is 8.98. The van der Waals surface area contributed by atoms with E-state index in [0.29, 0.717) is 0 Å².